The van der Waals surface area contributed by atoms with Crippen molar-refractivity contribution in [2.24, 2.45) is 5.73 Å². The molecule has 6 heteroatoms. The first-order chi connectivity index (χ1) is 11.5. The number of likely N-dealkylation sites (N-methyl/N-ethyl adjacent to an activating group) is 1. The monoisotopic (exact) mass is 349 g/mol. The van der Waals surface area contributed by atoms with Crippen molar-refractivity contribution < 1.29 is 9.59 Å². The van der Waals surface area contributed by atoms with Gasteiger partial charge in [0.05, 0.1) is 10.8 Å². The molecule has 2 rings (SSSR count). The van der Waals surface area contributed by atoms with Crippen molar-refractivity contribution in [3.05, 3.63) is 29.8 Å². The maximum atomic E-state index is 12.6. The van der Waals surface area contributed by atoms with Crippen LogP contribution in [0.5, 0.6) is 0 Å². The number of carbonyl (C=O) groups is 2. The Hall–Kier alpha value is -1.53. The molecule has 5 nitrogen and oxygen atoms in total. The van der Waals surface area contributed by atoms with Crippen LogP contribution >= 0.6 is 11.8 Å². The summed E-state index contributed by atoms with van der Waals surface area (Å²) >= 11 is 1.33. The standard InChI is InChI=1S/C18H27N3O2S/c1-3-21-11-7-6-8-14(21)12-20-18(23)15-9-4-5-10-16(15)24-13(2)17(19)22/h4-5,9-10,13-14H,3,6-8,11-12H2,1-2H3,(H2,19,22)(H,20,23)/t13-,14+/m0/s1. The smallest absolute Gasteiger partial charge is 0.252 e. The number of hydrogen-bond donors (Lipinski definition) is 2. The van der Waals surface area contributed by atoms with Gasteiger partial charge in [-0.05, 0) is 45.0 Å². The van der Waals surface area contributed by atoms with Gasteiger partial charge >= 0.3 is 0 Å². The summed E-state index contributed by atoms with van der Waals surface area (Å²) in [6.45, 7) is 6.71. The molecule has 0 radical (unpaired) electrons. The van der Waals surface area contributed by atoms with Crippen LogP contribution in [-0.2, 0) is 4.79 Å². The Balaban J connectivity index is 2.00. The molecule has 0 aromatic heterocycles. The van der Waals surface area contributed by atoms with E-state index in [9.17, 15) is 9.59 Å². The van der Waals surface area contributed by atoms with Gasteiger partial charge < -0.3 is 11.1 Å². The molecule has 2 amide bonds. The van der Waals surface area contributed by atoms with E-state index in [0.29, 0.717) is 18.2 Å². The number of primary amides is 1. The maximum absolute atomic E-state index is 12.6. The van der Waals surface area contributed by atoms with Gasteiger partial charge in [-0.1, -0.05) is 25.5 Å². The number of piperidine rings is 1. The molecule has 0 aliphatic carbocycles. The first-order valence-corrected chi connectivity index (χ1v) is 9.48. The fourth-order valence-corrected chi connectivity index (χ4v) is 3.96. The zero-order valence-corrected chi connectivity index (χ0v) is 15.3. The van der Waals surface area contributed by atoms with Crippen LogP contribution in [0.2, 0.25) is 0 Å². The maximum Gasteiger partial charge on any atom is 0.252 e. The number of hydrogen-bond acceptors (Lipinski definition) is 4. The SMILES string of the molecule is CCN1CCCC[C@@H]1CNC(=O)c1ccccc1S[C@@H](C)C(N)=O. The Labute approximate surface area is 148 Å². The highest BCUT2D eigenvalue weighted by molar-refractivity contribution is 8.00. The van der Waals surface area contributed by atoms with Crippen LogP contribution in [0, 0.1) is 0 Å². The number of nitrogens with zero attached hydrogens (tertiary/aromatic N) is 1. The molecule has 2 atom stereocenters. The molecule has 1 aromatic rings. The summed E-state index contributed by atoms with van der Waals surface area (Å²) in [4.78, 5) is 27.1. The Morgan fingerprint density at radius 1 is 1.38 bits per heavy atom. The van der Waals surface area contributed by atoms with Crippen molar-refractivity contribution in [1.29, 1.82) is 0 Å². The summed E-state index contributed by atoms with van der Waals surface area (Å²) < 4.78 is 0. The predicted octanol–water partition coefficient (Wildman–Crippen LogP) is 2.26. The van der Waals surface area contributed by atoms with E-state index in [4.69, 9.17) is 5.73 Å². The normalized spacial score (nSPS) is 19.7. The van der Waals surface area contributed by atoms with E-state index in [2.05, 4.69) is 17.1 Å². The van der Waals surface area contributed by atoms with Crippen LogP contribution in [0.15, 0.2) is 29.2 Å². The van der Waals surface area contributed by atoms with E-state index in [0.717, 1.165) is 24.4 Å². The van der Waals surface area contributed by atoms with Gasteiger partial charge in [0.25, 0.3) is 5.91 Å². The topological polar surface area (TPSA) is 75.4 Å². The van der Waals surface area contributed by atoms with Crippen molar-refractivity contribution in [3.8, 4) is 0 Å². The number of amides is 2. The molecule has 3 N–H and O–H groups in total. The third kappa shape index (κ3) is 4.98. The van der Waals surface area contributed by atoms with Gasteiger partial charge in [0, 0.05) is 17.5 Å². The van der Waals surface area contributed by atoms with E-state index < -0.39 is 0 Å². The Kier molecular flexibility index (Phi) is 7.12. The predicted molar refractivity (Wildman–Crippen MR) is 98.2 cm³/mol. The molecular weight excluding hydrogens is 322 g/mol. The van der Waals surface area contributed by atoms with Crippen LogP contribution in [0.3, 0.4) is 0 Å². The van der Waals surface area contributed by atoms with Crippen molar-refractivity contribution in [1.82, 2.24) is 10.2 Å². The summed E-state index contributed by atoms with van der Waals surface area (Å²) in [6.07, 6.45) is 3.59. The molecule has 1 fully saturated rings. The van der Waals surface area contributed by atoms with Crippen molar-refractivity contribution >= 4 is 23.6 Å². The first-order valence-electron chi connectivity index (χ1n) is 8.60. The van der Waals surface area contributed by atoms with Gasteiger partial charge in [-0.3, -0.25) is 14.5 Å². The third-order valence-electron chi connectivity index (χ3n) is 4.49. The zero-order valence-electron chi connectivity index (χ0n) is 14.5. The molecule has 24 heavy (non-hydrogen) atoms. The minimum absolute atomic E-state index is 0.0867. The fourth-order valence-electron chi connectivity index (χ4n) is 3.02. The number of benzene rings is 1. The summed E-state index contributed by atoms with van der Waals surface area (Å²) in [5, 5.41) is 2.70. The highest BCUT2D eigenvalue weighted by atomic mass is 32.2. The number of thioether (sulfide) groups is 1. The Bertz CT molecular complexity index is 579. The zero-order chi connectivity index (χ0) is 17.5. The van der Waals surface area contributed by atoms with E-state index in [1.54, 1.807) is 13.0 Å². The molecular formula is C18H27N3O2S. The van der Waals surface area contributed by atoms with Crippen molar-refractivity contribution in [2.75, 3.05) is 19.6 Å². The molecule has 1 aliphatic heterocycles. The highest BCUT2D eigenvalue weighted by Gasteiger charge is 2.22. The summed E-state index contributed by atoms with van der Waals surface area (Å²) in [5.74, 6) is -0.465. The summed E-state index contributed by atoms with van der Waals surface area (Å²) in [6, 6.07) is 7.78. The van der Waals surface area contributed by atoms with E-state index in [-0.39, 0.29) is 17.1 Å². The first kappa shape index (κ1) is 18.8. The number of carbonyl (C=O) groups excluding carboxylic acids is 2. The van der Waals surface area contributed by atoms with Crippen molar-refractivity contribution in [3.63, 3.8) is 0 Å². The number of rotatable bonds is 7. The lowest BCUT2D eigenvalue weighted by atomic mass is 10.0. The Morgan fingerprint density at radius 3 is 2.83 bits per heavy atom. The summed E-state index contributed by atoms with van der Waals surface area (Å²) in [7, 11) is 0. The van der Waals surface area contributed by atoms with Crippen LogP contribution in [0.25, 0.3) is 0 Å². The third-order valence-corrected chi connectivity index (χ3v) is 5.69. The van der Waals surface area contributed by atoms with E-state index >= 15 is 0 Å². The van der Waals surface area contributed by atoms with Gasteiger partial charge in [-0.15, -0.1) is 11.8 Å². The lowest BCUT2D eigenvalue weighted by molar-refractivity contribution is -0.117. The van der Waals surface area contributed by atoms with E-state index in [1.807, 2.05) is 18.2 Å². The van der Waals surface area contributed by atoms with Gasteiger partial charge in [0.1, 0.15) is 0 Å². The van der Waals surface area contributed by atoms with Gasteiger partial charge in [-0.2, -0.15) is 0 Å². The van der Waals surface area contributed by atoms with Crippen LogP contribution < -0.4 is 11.1 Å². The second-order valence-corrected chi connectivity index (χ2v) is 7.53. The van der Waals surface area contributed by atoms with Gasteiger partial charge in [0.2, 0.25) is 5.91 Å². The molecule has 0 spiro atoms. The molecule has 1 aliphatic rings. The van der Waals surface area contributed by atoms with Crippen LogP contribution in [-0.4, -0.2) is 47.6 Å². The highest BCUT2D eigenvalue weighted by Crippen LogP contribution is 2.26. The second-order valence-electron chi connectivity index (χ2n) is 6.15. The quantitative estimate of drug-likeness (QED) is 0.741. The fraction of sp³-hybridized carbons (Fsp3) is 0.556. The van der Waals surface area contributed by atoms with Gasteiger partial charge in [0.15, 0.2) is 0 Å². The molecule has 1 saturated heterocycles. The minimum atomic E-state index is -0.379. The van der Waals surface area contributed by atoms with Crippen LogP contribution in [0.1, 0.15) is 43.5 Å². The van der Waals surface area contributed by atoms with E-state index in [1.165, 1.54) is 24.6 Å². The van der Waals surface area contributed by atoms with Crippen LogP contribution in [0.4, 0.5) is 0 Å². The molecule has 1 heterocycles. The molecule has 0 saturated carbocycles. The van der Waals surface area contributed by atoms with Gasteiger partial charge in [-0.25, -0.2) is 0 Å². The molecule has 0 unspecified atom stereocenters. The number of nitrogens with one attached hydrogen (secondary N) is 1. The average molecular weight is 350 g/mol. The lowest BCUT2D eigenvalue weighted by Gasteiger charge is -2.34. The Morgan fingerprint density at radius 2 is 2.12 bits per heavy atom. The molecule has 0 bridgehead atoms. The summed E-state index contributed by atoms with van der Waals surface area (Å²) in [5.41, 5.74) is 5.94. The number of nitrogens with two attached hydrogens (primary N) is 1. The van der Waals surface area contributed by atoms with Crippen molar-refractivity contribution in [2.45, 2.75) is 49.3 Å². The number of likely N-dealkylation sites (tertiary alicyclic amines) is 1. The molecule has 1 aromatic carbocycles. The minimum Gasteiger partial charge on any atom is -0.369 e. The average Bonchev–Trinajstić information content (AvgIpc) is 2.60. The second kappa shape index (κ2) is 9.08. The largest absolute Gasteiger partial charge is 0.369 e. The molecule has 132 valence electrons. The lowest BCUT2D eigenvalue weighted by Crippen LogP contribution is -2.46.